The molecule has 2 aliphatic heterocycles. The smallest absolute Gasteiger partial charge is 0.332 e. The Morgan fingerprint density at radius 2 is 2.18 bits per heavy atom. The molecule has 4 unspecified atom stereocenters. The predicted molar refractivity (Wildman–Crippen MR) is 62.0 cm³/mol. The van der Waals surface area contributed by atoms with Gasteiger partial charge in [0, 0.05) is 19.1 Å². The normalized spacial score (nSPS) is 39.4. The lowest BCUT2D eigenvalue weighted by molar-refractivity contribution is -0.150. The van der Waals surface area contributed by atoms with Crippen molar-refractivity contribution in [2.75, 3.05) is 19.7 Å². The van der Waals surface area contributed by atoms with Crippen molar-refractivity contribution in [2.24, 2.45) is 0 Å². The first kappa shape index (κ1) is 12.8. The topological polar surface area (TPSA) is 59.0 Å². The lowest BCUT2D eigenvalue weighted by Crippen LogP contribution is -2.50. The maximum absolute atomic E-state index is 10.8. The maximum Gasteiger partial charge on any atom is 0.332 e. The molecule has 5 nitrogen and oxygen atoms in total. The number of morpholine rings is 1. The Hall–Kier alpha value is -0.650. The van der Waals surface area contributed by atoms with Gasteiger partial charge in [-0.3, -0.25) is 4.90 Å². The van der Waals surface area contributed by atoms with E-state index < -0.39 is 12.1 Å². The molecular weight excluding hydrogens is 222 g/mol. The highest BCUT2D eigenvalue weighted by Crippen LogP contribution is 2.22. The number of carbonyl (C=O) groups is 1. The third kappa shape index (κ3) is 3.18. The fraction of sp³-hybridized carbons (Fsp3) is 0.917. The van der Waals surface area contributed by atoms with E-state index in [2.05, 4.69) is 18.7 Å². The average molecular weight is 243 g/mol. The summed E-state index contributed by atoms with van der Waals surface area (Å²) in [5.41, 5.74) is 0. The third-order valence-corrected chi connectivity index (χ3v) is 3.56. The van der Waals surface area contributed by atoms with Crippen LogP contribution in [0.25, 0.3) is 0 Å². The van der Waals surface area contributed by atoms with Crippen molar-refractivity contribution in [3.05, 3.63) is 0 Å². The number of hydrogen-bond acceptors (Lipinski definition) is 4. The van der Waals surface area contributed by atoms with Crippen LogP contribution in [-0.2, 0) is 14.3 Å². The molecule has 2 fully saturated rings. The van der Waals surface area contributed by atoms with E-state index in [1.165, 1.54) is 0 Å². The molecule has 0 saturated carbocycles. The summed E-state index contributed by atoms with van der Waals surface area (Å²) in [5.74, 6) is -0.837. The van der Waals surface area contributed by atoms with Gasteiger partial charge in [-0.15, -0.1) is 0 Å². The van der Waals surface area contributed by atoms with Crippen LogP contribution in [0, 0.1) is 0 Å². The Kier molecular flexibility index (Phi) is 4.01. The van der Waals surface area contributed by atoms with Gasteiger partial charge in [-0.2, -0.15) is 0 Å². The van der Waals surface area contributed by atoms with Crippen molar-refractivity contribution in [2.45, 2.75) is 51.0 Å². The van der Waals surface area contributed by atoms with Crippen LogP contribution in [0.15, 0.2) is 0 Å². The summed E-state index contributed by atoms with van der Waals surface area (Å²) in [6, 6.07) is 0.388. The van der Waals surface area contributed by atoms with Gasteiger partial charge in [0.25, 0.3) is 0 Å². The molecule has 0 amide bonds. The van der Waals surface area contributed by atoms with Gasteiger partial charge >= 0.3 is 5.97 Å². The summed E-state index contributed by atoms with van der Waals surface area (Å²) in [6.45, 7) is 6.66. The monoisotopic (exact) mass is 243 g/mol. The van der Waals surface area contributed by atoms with Gasteiger partial charge in [0.2, 0.25) is 0 Å². The maximum atomic E-state index is 10.8. The number of rotatable bonds is 3. The Labute approximate surface area is 102 Å². The van der Waals surface area contributed by atoms with Crippen molar-refractivity contribution >= 4 is 5.97 Å². The number of ether oxygens (including phenoxy) is 2. The van der Waals surface area contributed by atoms with Crippen LogP contribution in [0.4, 0.5) is 0 Å². The number of carboxylic acid groups (broad SMARTS) is 1. The number of carboxylic acids is 1. The molecule has 0 spiro atoms. The highest BCUT2D eigenvalue weighted by Gasteiger charge is 2.33. The first-order chi connectivity index (χ1) is 8.06. The lowest BCUT2D eigenvalue weighted by atomic mass is 10.1. The zero-order chi connectivity index (χ0) is 12.4. The van der Waals surface area contributed by atoms with Crippen LogP contribution in [-0.4, -0.2) is 60.0 Å². The zero-order valence-electron chi connectivity index (χ0n) is 10.5. The molecule has 1 N–H and O–H groups in total. The predicted octanol–water partition coefficient (Wildman–Crippen LogP) is 0.728. The van der Waals surface area contributed by atoms with E-state index in [0.29, 0.717) is 12.5 Å². The van der Waals surface area contributed by atoms with E-state index in [-0.39, 0.29) is 12.2 Å². The Morgan fingerprint density at radius 1 is 1.41 bits per heavy atom. The summed E-state index contributed by atoms with van der Waals surface area (Å²) in [5, 5.41) is 8.87. The van der Waals surface area contributed by atoms with Gasteiger partial charge in [-0.05, 0) is 26.7 Å². The van der Waals surface area contributed by atoms with Gasteiger partial charge < -0.3 is 14.6 Å². The molecule has 0 radical (unpaired) electrons. The van der Waals surface area contributed by atoms with E-state index in [1.807, 2.05) is 0 Å². The summed E-state index contributed by atoms with van der Waals surface area (Å²) in [4.78, 5) is 13.1. The highest BCUT2D eigenvalue weighted by atomic mass is 16.5. The molecule has 0 aliphatic carbocycles. The molecule has 17 heavy (non-hydrogen) atoms. The molecule has 5 heteroatoms. The largest absolute Gasteiger partial charge is 0.479 e. The molecule has 2 aliphatic rings. The molecule has 2 rings (SSSR count). The molecule has 0 aromatic carbocycles. The van der Waals surface area contributed by atoms with Crippen molar-refractivity contribution in [1.29, 1.82) is 0 Å². The van der Waals surface area contributed by atoms with Crippen molar-refractivity contribution < 1.29 is 19.4 Å². The fourth-order valence-electron chi connectivity index (χ4n) is 2.51. The van der Waals surface area contributed by atoms with E-state index in [9.17, 15) is 4.79 Å². The van der Waals surface area contributed by atoms with E-state index in [1.54, 1.807) is 0 Å². The van der Waals surface area contributed by atoms with Crippen LogP contribution in [0.3, 0.4) is 0 Å². The molecule has 0 aromatic rings. The van der Waals surface area contributed by atoms with Crippen LogP contribution in [0.1, 0.15) is 26.7 Å². The molecule has 98 valence electrons. The summed E-state index contributed by atoms with van der Waals surface area (Å²) < 4.78 is 11.1. The minimum atomic E-state index is -0.837. The minimum Gasteiger partial charge on any atom is -0.479 e. The SMILES string of the molecule is CC1CN(CC2CCC(C(=O)O)O2)C(C)CO1. The van der Waals surface area contributed by atoms with Crippen molar-refractivity contribution in [1.82, 2.24) is 4.90 Å². The summed E-state index contributed by atoms with van der Waals surface area (Å²) >= 11 is 0. The van der Waals surface area contributed by atoms with Crippen molar-refractivity contribution in [3.8, 4) is 0 Å². The van der Waals surface area contributed by atoms with Gasteiger partial charge in [0.05, 0.1) is 18.8 Å². The van der Waals surface area contributed by atoms with E-state index in [4.69, 9.17) is 14.6 Å². The standard InChI is InChI=1S/C12H21NO4/c1-8-7-16-9(2)5-13(8)6-10-3-4-11(17-10)12(14)15/h8-11H,3-7H2,1-2H3,(H,14,15). The van der Waals surface area contributed by atoms with Crippen molar-refractivity contribution in [3.63, 3.8) is 0 Å². The lowest BCUT2D eigenvalue weighted by Gasteiger charge is -2.37. The van der Waals surface area contributed by atoms with Crippen LogP contribution >= 0.6 is 0 Å². The second-order valence-electron chi connectivity index (χ2n) is 5.11. The third-order valence-electron chi connectivity index (χ3n) is 3.56. The molecule has 0 aromatic heterocycles. The van der Waals surface area contributed by atoms with E-state index in [0.717, 1.165) is 26.1 Å². The fourth-order valence-corrected chi connectivity index (χ4v) is 2.51. The Balaban J connectivity index is 1.82. The minimum absolute atomic E-state index is 0.0591. The summed E-state index contributed by atoms with van der Waals surface area (Å²) in [6.07, 6.45) is 1.18. The zero-order valence-corrected chi connectivity index (χ0v) is 10.5. The Bertz CT molecular complexity index is 284. The number of nitrogens with zero attached hydrogens (tertiary/aromatic N) is 1. The van der Waals surface area contributed by atoms with Gasteiger partial charge in [0.15, 0.2) is 6.10 Å². The Morgan fingerprint density at radius 3 is 2.82 bits per heavy atom. The number of hydrogen-bond donors (Lipinski definition) is 1. The second kappa shape index (κ2) is 5.33. The first-order valence-corrected chi connectivity index (χ1v) is 6.30. The van der Waals surface area contributed by atoms with Crippen LogP contribution < -0.4 is 0 Å². The van der Waals surface area contributed by atoms with Crippen LogP contribution in [0.2, 0.25) is 0 Å². The van der Waals surface area contributed by atoms with E-state index >= 15 is 0 Å². The second-order valence-corrected chi connectivity index (χ2v) is 5.11. The van der Waals surface area contributed by atoms with Crippen LogP contribution in [0.5, 0.6) is 0 Å². The quantitative estimate of drug-likeness (QED) is 0.791. The summed E-state index contributed by atoms with van der Waals surface area (Å²) in [7, 11) is 0. The molecule has 2 saturated heterocycles. The molecular formula is C12H21NO4. The molecule has 4 atom stereocenters. The average Bonchev–Trinajstić information content (AvgIpc) is 2.72. The highest BCUT2D eigenvalue weighted by molar-refractivity contribution is 5.72. The van der Waals surface area contributed by atoms with Gasteiger partial charge in [-0.25, -0.2) is 4.79 Å². The number of aliphatic carboxylic acids is 1. The molecule has 2 heterocycles. The van der Waals surface area contributed by atoms with Gasteiger partial charge in [-0.1, -0.05) is 0 Å². The molecule has 0 bridgehead atoms. The van der Waals surface area contributed by atoms with Gasteiger partial charge in [0.1, 0.15) is 0 Å². The first-order valence-electron chi connectivity index (χ1n) is 6.30.